The number of nitrogens with two attached hydrogens (primary N) is 1. The number of nitrogens with one attached hydrogen (secondary N) is 1. The van der Waals surface area contributed by atoms with Crippen molar-refractivity contribution in [3.05, 3.63) is 34.5 Å². The van der Waals surface area contributed by atoms with Crippen LogP contribution < -0.4 is 11.3 Å². The lowest BCUT2D eigenvalue weighted by atomic mass is 9.98. The van der Waals surface area contributed by atoms with Crippen LogP contribution in [0, 0.1) is 13.8 Å². The number of anilines is 1. The standard InChI is InChI=1S/C14H17N3O/c1-8-3-4-9(2)13-12(8)14(17-15)10-7-18-6-5-11(10)16-13/h3-4H,5-7,15H2,1-2H3,(H,16,17). The Morgan fingerprint density at radius 2 is 2.06 bits per heavy atom. The molecule has 0 amide bonds. The number of hydrogen-bond acceptors (Lipinski definition) is 4. The number of ether oxygens (including phenoxy) is 1. The van der Waals surface area contributed by atoms with Crippen LogP contribution >= 0.6 is 0 Å². The van der Waals surface area contributed by atoms with Crippen molar-refractivity contribution in [2.24, 2.45) is 5.84 Å². The van der Waals surface area contributed by atoms with Crippen molar-refractivity contribution in [1.29, 1.82) is 0 Å². The molecule has 3 rings (SSSR count). The Balaban J connectivity index is 2.44. The molecule has 94 valence electrons. The minimum Gasteiger partial charge on any atom is -0.376 e. The van der Waals surface area contributed by atoms with Gasteiger partial charge in [0.1, 0.15) is 0 Å². The van der Waals surface area contributed by atoms with Crippen LogP contribution in [0.2, 0.25) is 0 Å². The summed E-state index contributed by atoms with van der Waals surface area (Å²) in [5.74, 6) is 5.73. The Morgan fingerprint density at radius 1 is 1.28 bits per heavy atom. The number of hydrogen-bond donors (Lipinski definition) is 2. The van der Waals surface area contributed by atoms with Gasteiger partial charge in [-0.1, -0.05) is 12.1 Å². The van der Waals surface area contributed by atoms with E-state index in [2.05, 4.69) is 31.4 Å². The molecule has 2 heterocycles. The molecule has 1 aromatic heterocycles. The van der Waals surface area contributed by atoms with Gasteiger partial charge in [0, 0.05) is 17.4 Å². The average Bonchev–Trinajstić information content (AvgIpc) is 2.41. The zero-order valence-corrected chi connectivity index (χ0v) is 10.7. The molecule has 1 aromatic carbocycles. The highest BCUT2D eigenvalue weighted by Crippen LogP contribution is 2.34. The van der Waals surface area contributed by atoms with Crippen LogP contribution in [0.3, 0.4) is 0 Å². The molecule has 0 saturated carbocycles. The van der Waals surface area contributed by atoms with Crippen molar-refractivity contribution in [3.8, 4) is 0 Å². The van der Waals surface area contributed by atoms with Crippen molar-refractivity contribution in [2.75, 3.05) is 12.0 Å². The number of aryl methyl sites for hydroxylation is 2. The van der Waals surface area contributed by atoms with E-state index in [0.717, 1.165) is 40.9 Å². The third kappa shape index (κ3) is 1.57. The SMILES string of the molecule is Cc1ccc(C)c2c(NN)c3c(nc12)CCOC3. The monoisotopic (exact) mass is 243 g/mol. The molecule has 18 heavy (non-hydrogen) atoms. The fraction of sp³-hybridized carbons (Fsp3) is 0.357. The number of aromatic nitrogens is 1. The second-order valence-electron chi connectivity index (χ2n) is 4.78. The lowest BCUT2D eigenvalue weighted by Crippen LogP contribution is -2.18. The van der Waals surface area contributed by atoms with Gasteiger partial charge in [-0.25, -0.2) is 0 Å². The minimum absolute atomic E-state index is 0.588. The van der Waals surface area contributed by atoms with Crippen LogP contribution in [-0.4, -0.2) is 11.6 Å². The van der Waals surface area contributed by atoms with Crippen LogP contribution in [0.4, 0.5) is 5.69 Å². The predicted molar refractivity (Wildman–Crippen MR) is 72.4 cm³/mol. The van der Waals surface area contributed by atoms with Crippen LogP contribution in [0.15, 0.2) is 12.1 Å². The number of pyridine rings is 1. The zero-order chi connectivity index (χ0) is 12.7. The van der Waals surface area contributed by atoms with Gasteiger partial charge in [0.05, 0.1) is 30.1 Å². The number of hydrazine groups is 1. The van der Waals surface area contributed by atoms with E-state index in [1.807, 2.05) is 0 Å². The summed E-state index contributed by atoms with van der Waals surface area (Å²) in [6.45, 7) is 5.49. The van der Waals surface area contributed by atoms with Crippen molar-refractivity contribution in [2.45, 2.75) is 26.9 Å². The second-order valence-corrected chi connectivity index (χ2v) is 4.78. The third-order valence-corrected chi connectivity index (χ3v) is 3.61. The number of fused-ring (bicyclic) bond motifs is 2. The van der Waals surface area contributed by atoms with Gasteiger partial charge in [0.25, 0.3) is 0 Å². The number of nitrogen functional groups attached to an aromatic ring is 1. The summed E-state index contributed by atoms with van der Waals surface area (Å²) in [5.41, 5.74) is 9.43. The van der Waals surface area contributed by atoms with E-state index < -0.39 is 0 Å². The molecule has 0 unspecified atom stereocenters. The Bertz CT molecular complexity index is 622. The number of benzene rings is 1. The molecule has 4 nitrogen and oxygen atoms in total. The molecule has 4 heteroatoms. The lowest BCUT2D eigenvalue weighted by Gasteiger charge is -2.22. The molecule has 0 spiro atoms. The maximum absolute atomic E-state index is 5.73. The van der Waals surface area contributed by atoms with E-state index in [0.29, 0.717) is 6.61 Å². The summed E-state index contributed by atoms with van der Waals surface area (Å²) in [6.07, 6.45) is 0.854. The van der Waals surface area contributed by atoms with Crippen molar-refractivity contribution >= 4 is 16.6 Å². The van der Waals surface area contributed by atoms with Crippen LogP contribution in [0.1, 0.15) is 22.4 Å². The lowest BCUT2D eigenvalue weighted by molar-refractivity contribution is 0.110. The van der Waals surface area contributed by atoms with E-state index in [1.54, 1.807) is 0 Å². The molecule has 2 aromatic rings. The Hall–Kier alpha value is -1.65. The first kappa shape index (κ1) is 11.4. The first-order chi connectivity index (χ1) is 8.72. The normalized spacial score (nSPS) is 14.6. The molecule has 0 atom stereocenters. The average molecular weight is 243 g/mol. The Kier molecular flexibility index (Phi) is 2.69. The third-order valence-electron chi connectivity index (χ3n) is 3.61. The van der Waals surface area contributed by atoms with Gasteiger partial charge in [0.2, 0.25) is 0 Å². The topological polar surface area (TPSA) is 60.2 Å². The number of nitrogens with zero attached hydrogens (tertiary/aromatic N) is 1. The molecule has 0 fully saturated rings. The fourth-order valence-electron chi connectivity index (χ4n) is 2.62. The summed E-state index contributed by atoms with van der Waals surface area (Å²) < 4.78 is 5.52. The number of rotatable bonds is 1. The first-order valence-electron chi connectivity index (χ1n) is 6.18. The highest BCUT2D eigenvalue weighted by Gasteiger charge is 2.19. The molecule has 0 bridgehead atoms. The molecular formula is C14H17N3O. The van der Waals surface area contributed by atoms with E-state index in [9.17, 15) is 0 Å². The summed E-state index contributed by atoms with van der Waals surface area (Å²) in [4.78, 5) is 4.81. The molecule has 3 N–H and O–H groups in total. The minimum atomic E-state index is 0.588. The smallest absolute Gasteiger partial charge is 0.0758 e. The van der Waals surface area contributed by atoms with Crippen LogP contribution in [0.25, 0.3) is 10.9 Å². The summed E-state index contributed by atoms with van der Waals surface area (Å²) in [7, 11) is 0. The highest BCUT2D eigenvalue weighted by atomic mass is 16.5. The molecule has 0 radical (unpaired) electrons. The second kappa shape index (κ2) is 4.23. The van der Waals surface area contributed by atoms with Gasteiger partial charge in [0.15, 0.2) is 0 Å². The van der Waals surface area contributed by atoms with Gasteiger partial charge in [-0.2, -0.15) is 0 Å². The van der Waals surface area contributed by atoms with E-state index in [-0.39, 0.29) is 0 Å². The van der Waals surface area contributed by atoms with Crippen molar-refractivity contribution in [3.63, 3.8) is 0 Å². The van der Waals surface area contributed by atoms with Gasteiger partial charge in [-0.15, -0.1) is 0 Å². The van der Waals surface area contributed by atoms with Gasteiger partial charge < -0.3 is 10.2 Å². The van der Waals surface area contributed by atoms with Gasteiger partial charge in [-0.05, 0) is 25.0 Å². The molecular weight excluding hydrogens is 226 g/mol. The summed E-state index contributed by atoms with van der Waals surface area (Å²) >= 11 is 0. The van der Waals surface area contributed by atoms with E-state index >= 15 is 0 Å². The van der Waals surface area contributed by atoms with Crippen molar-refractivity contribution < 1.29 is 4.74 Å². The Labute approximate surface area is 106 Å². The van der Waals surface area contributed by atoms with Crippen LogP contribution in [0.5, 0.6) is 0 Å². The summed E-state index contributed by atoms with van der Waals surface area (Å²) in [5, 5.41) is 1.11. The van der Waals surface area contributed by atoms with Gasteiger partial charge in [-0.3, -0.25) is 10.8 Å². The molecule has 1 aliphatic heterocycles. The quantitative estimate of drug-likeness (QED) is 0.595. The van der Waals surface area contributed by atoms with E-state index in [4.69, 9.17) is 15.6 Å². The fourth-order valence-corrected chi connectivity index (χ4v) is 2.62. The highest BCUT2D eigenvalue weighted by molar-refractivity contribution is 5.97. The Morgan fingerprint density at radius 3 is 2.83 bits per heavy atom. The van der Waals surface area contributed by atoms with Crippen LogP contribution in [-0.2, 0) is 17.8 Å². The summed E-state index contributed by atoms with van der Waals surface area (Å²) in [6, 6.07) is 4.22. The van der Waals surface area contributed by atoms with Gasteiger partial charge >= 0.3 is 0 Å². The van der Waals surface area contributed by atoms with E-state index in [1.165, 1.54) is 11.1 Å². The predicted octanol–water partition coefficient (Wildman–Crippen LogP) is 2.21. The molecule has 0 saturated heterocycles. The zero-order valence-electron chi connectivity index (χ0n) is 10.7. The maximum atomic E-state index is 5.73. The largest absolute Gasteiger partial charge is 0.376 e. The van der Waals surface area contributed by atoms with Crippen molar-refractivity contribution in [1.82, 2.24) is 4.98 Å². The molecule has 0 aliphatic carbocycles. The molecule has 1 aliphatic rings. The maximum Gasteiger partial charge on any atom is 0.0758 e. The first-order valence-corrected chi connectivity index (χ1v) is 6.18.